The predicted molar refractivity (Wildman–Crippen MR) is 72.1 cm³/mol. The number of hydrogen-bond acceptors (Lipinski definition) is 2. The first-order valence-corrected chi connectivity index (χ1v) is 6.12. The molecule has 1 aliphatic rings. The summed E-state index contributed by atoms with van der Waals surface area (Å²) in [5, 5.41) is 13.0. The van der Waals surface area contributed by atoms with Crippen molar-refractivity contribution in [2.75, 3.05) is 13.2 Å². The molecule has 0 amide bonds. The Morgan fingerprint density at radius 1 is 1.00 bits per heavy atom. The highest BCUT2D eigenvalue weighted by molar-refractivity contribution is 5.57. The van der Waals surface area contributed by atoms with Crippen molar-refractivity contribution < 1.29 is 4.74 Å². The fourth-order valence-corrected chi connectivity index (χ4v) is 2.38. The van der Waals surface area contributed by atoms with Gasteiger partial charge in [0.15, 0.2) is 11.4 Å². The molecule has 3 rings (SSSR count). The minimum atomic E-state index is -0.333. The molecule has 1 aliphatic heterocycles. The second kappa shape index (κ2) is 4.44. The van der Waals surface area contributed by atoms with Crippen LogP contribution in [0.4, 0.5) is 5.69 Å². The van der Waals surface area contributed by atoms with Crippen molar-refractivity contribution in [2.45, 2.75) is 6.54 Å². The molecule has 0 spiro atoms. The number of hydroxylamine groups is 2. The molecule has 0 aromatic heterocycles. The van der Waals surface area contributed by atoms with Gasteiger partial charge in [-0.15, -0.1) is 0 Å². The van der Waals surface area contributed by atoms with Crippen molar-refractivity contribution in [1.82, 2.24) is 4.65 Å². The largest absolute Gasteiger partial charge is 0.627 e. The summed E-state index contributed by atoms with van der Waals surface area (Å²) in [6, 6.07) is 17.4. The second-order valence-corrected chi connectivity index (χ2v) is 4.57. The summed E-state index contributed by atoms with van der Waals surface area (Å²) in [6.45, 7) is 1.40. The Kier molecular flexibility index (Phi) is 2.78. The standard InChI is InChI=1S/C15H15NO2/c17-16(12-13-6-2-1-3-7-13)10-11-18-15-9-5-4-8-14(15)16/h1-9H,10-12H2. The third-order valence-electron chi connectivity index (χ3n) is 3.30. The zero-order valence-corrected chi connectivity index (χ0v) is 10.1. The third kappa shape index (κ3) is 1.98. The fourth-order valence-electron chi connectivity index (χ4n) is 2.38. The molecule has 0 saturated carbocycles. The minimum Gasteiger partial charge on any atom is -0.627 e. The van der Waals surface area contributed by atoms with E-state index in [1.807, 2.05) is 54.6 Å². The third-order valence-corrected chi connectivity index (χ3v) is 3.30. The molecule has 0 aliphatic carbocycles. The van der Waals surface area contributed by atoms with Gasteiger partial charge in [-0.05, 0) is 6.07 Å². The van der Waals surface area contributed by atoms with Crippen LogP contribution >= 0.6 is 0 Å². The van der Waals surface area contributed by atoms with Gasteiger partial charge in [-0.25, -0.2) is 0 Å². The first kappa shape index (κ1) is 11.3. The fraction of sp³-hybridized carbons (Fsp3) is 0.200. The van der Waals surface area contributed by atoms with Crippen molar-refractivity contribution >= 4 is 5.69 Å². The van der Waals surface area contributed by atoms with Crippen LogP contribution in [0.25, 0.3) is 0 Å². The molecule has 0 fully saturated rings. The van der Waals surface area contributed by atoms with Crippen LogP contribution in [0.2, 0.25) is 0 Å². The topological polar surface area (TPSA) is 32.3 Å². The number of fused-ring (bicyclic) bond motifs is 1. The van der Waals surface area contributed by atoms with Crippen LogP contribution in [0.15, 0.2) is 54.6 Å². The number of hydrogen-bond donors (Lipinski definition) is 0. The summed E-state index contributed by atoms with van der Waals surface area (Å²) in [5.74, 6) is 0.717. The van der Waals surface area contributed by atoms with Gasteiger partial charge in [0.1, 0.15) is 19.7 Å². The van der Waals surface area contributed by atoms with Gasteiger partial charge < -0.3 is 14.6 Å². The van der Waals surface area contributed by atoms with E-state index < -0.39 is 0 Å². The van der Waals surface area contributed by atoms with Crippen molar-refractivity contribution in [3.8, 4) is 5.75 Å². The summed E-state index contributed by atoms with van der Waals surface area (Å²) in [5.41, 5.74) is 1.79. The molecule has 18 heavy (non-hydrogen) atoms. The quantitative estimate of drug-likeness (QED) is 0.598. The smallest absolute Gasteiger partial charge is 0.180 e. The zero-order chi connectivity index (χ0) is 12.4. The first-order valence-electron chi connectivity index (χ1n) is 6.12. The normalized spacial score (nSPS) is 22.1. The van der Waals surface area contributed by atoms with Crippen LogP contribution in [0.3, 0.4) is 0 Å². The number of ether oxygens (including phenoxy) is 1. The number of rotatable bonds is 2. The minimum absolute atomic E-state index is 0.333. The van der Waals surface area contributed by atoms with Crippen LogP contribution in [0, 0.1) is 5.21 Å². The zero-order valence-electron chi connectivity index (χ0n) is 10.1. The van der Waals surface area contributed by atoms with Gasteiger partial charge in [0.2, 0.25) is 0 Å². The number of quaternary nitrogens is 1. The average Bonchev–Trinajstić information content (AvgIpc) is 2.40. The van der Waals surface area contributed by atoms with Gasteiger partial charge in [0.25, 0.3) is 0 Å². The summed E-state index contributed by atoms with van der Waals surface area (Å²) in [6.07, 6.45) is 0. The lowest BCUT2D eigenvalue weighted by Crippen LogP contribution is -2.48. The lowest BCUT2D eigenvalue weighted by molar-refractivity contribution is 0.213. The molecule has 3 heteroatoms. The van der Waals surface area contributed by atoms with E-state index in [0.717, 1.165) is 17.0 Å². The van der Waals surface area contributed by atoms with Crippen LogP contribution in [0.5, 0.6) is 5.75 Å². The molecule has 1 unspecified atom stereocenters. The molecule has 0 saturated heterocycles. The summed E-state index contributed by atoms with van der Waals surface area (Å²) < 4.78 is 5.21. The molecule has 1 atom stereocenters. The van der Waals surface area contributed by atoms with E-state index >= 15 is 0 Å². The molecule has 2 aromatic rings. The Morgan fingerprint density at radius 3 is 2.56 bits per heavy atom. The maximum absolute atomic E-state index is 13.0. The van der Waals surface area contributed by atoms with Gasteiger partial charge in [-0.3, -0.25) is 0 Å². The monoisotopic (exact) mass is 241 g/mol. The molecular formula is C15H15NO2. The highest BCUT2D eigenvalue weighted by atomic mass is 16.6. The van der Waals surface area contributed by atoms with Crippen LogP contribution in [-0.2, 0) is 6.54 Å². The summed E-state index contributed by atoms with van der Waals surface area (Å²) >= 11 is 0. The Labute approximate surface area is 106 Å². The number of benzene rings is 2. The van der Waals surface area contributed by atoms with Gasteiger partial charge in [0.05, 0.1) is 0 Å². The van der Waals surface area contributed by atoms with Crippen molar-refractivity contribution in [1.29, 1.82) is 0 Å². The Bertz CT molecular complexity index is 541. The Morgan fingerprint density at radius 2 is 1.72 bits per heavy atom. The highest BCUT2D eigenvalue weighted by Crippen LogP contribution is 2.37. The van der Waals surface area contributed by atoms with E-state index in [1.165, 1.54) is 0 Å². The highest BCUT2D eigenvalue weighted by Gasteiger charge is 2.29. The molecule has 92 valence electrons. The Balaban J connectivity index is 1.96. The van der Waals surface area contributed by atoms with E-state index in [-0.39, 0.29) is 4.65 Å². The molecule has 0 N–H and O–H groups in total. The maximum Gasteiger partial charge on any atom is 0.180 e. The van der Waals surface area contributed by atoms with Crippen LogP contribution in [0.1, 0.15) is 5.56 Å². The van der Waals surface area contributed by atoms with Crippen molar-refractivity contribution in [3.63, 3.8) is 0 Å². The Hall–Kier alpha value is -1.84. The van der Waals surface area contributed by atoms with E-state index in [0.29, 0.717) is 19.7 Å². The van der Waals surface area contributed by atoms with Crippen molar-refractivity contribution in [3.05, 3.63) is 65.4 Å². The molecular weight excluding hydrogens is 226 g/mol. The lowest BCUT2D eigenvalue weighted by Gasteiger charge is -2.45. The SMILES string of the molecule is [O-][N+]1(Cc2ccccc2)CCOc2ccccc21. The summed E-state index contributed by atoms with van der Waals surface area (Å²) in [7, 11) is 0. The first-order chi connectivity index (χ1) is 8.78. The van der Waals surface area contributed by atoms with Gasteiger partial charge in [0, 0.05) is 11.6 Å². The average molecular weight is 241 g/mol. The van der Waals surface area contributed by atoms with Gasteiger partial charge >= 0.3 is 0 Å². The number of nitrogens with zero attached hydrogens (tertiary/aromatic N) is 1. The molecule has 3 nitrogen and oxygen atoms in total. The van der Waals surface area contributed by atoms with E-state index in [9.17, 15) is 5.21 Å². The molecule has 0 bridgehead atoms. The van der Waals surface area contributed by atoms with E-state index in [1.54, 1.807) is 0 Å². The van der Waals surface area contributed by atoms with Gasteiger partial charge in [-0.2, -0.15) is 0 Å². The molecule has 0 radical (unpaired) electrons. The van der Waals surface area contributed by atoms with Crippen LogP contribution < -0.4 is 9.38 Å². The summed E-state index contributed by atoms with van der Waals surface area (Å²) in [4.78, 5) is 0. The van der Waals surface area contributed by atoms with E-state index in [4.69, 9.17) is 4.74 Å². The number of para-hydroxylation sites is 2. The van der Waals surface area contributed by atoms with Crippen molar-refractivity contribution in [2.24, 2.45) is 0 Å². The van der Waals surface area contributed by atoms with E-state index in [2.05, 4.69) is 0 Å². The van der Waals surface area contributed by atoms with Gasteiger partial charge in [-0.1, -0.05) is 42.5 Å². The van der Waals surface area contributed by atoms with Crippen LogP contribution in [-0.4, -0.2) is 13.2 Å². The molecule has 2 aromatic carbocycles. The molecule has 1 heterocycles. The maximum atomic E-state index is 13.0. The predicted octanol–water partition coefficient (Wildman–Crippen LogP) is 3.08. The second-order valence-electron chi connectivity index (χ2n) is 4.57. The lowest BCUT2D eigenvalue weighted by atomic mass is 10.1.